The van der Waals surface area contributed by atoms with E-state index in [1.165, 1.54) is 18.7 Å². The van der Waals surface area contributed by atoms with Crippen molar-refractivity contribution in [1.29, 1.82) is 0 Å². The molecule has 5 heteroatoms. The summed E-state index contributed by atoms with van der Waals surface area (Å²) in [5, 5.41) is 0. The fourth-order valence-corrected chi connectivity index (χ4v) is 3.83. The zero-order chi connectivity index (χ0) is 15.6. The molecule has 0 spiro atoms. The molecule has 0 unspecified atom stereocenters. The lowest BCUT2D eigenvalue weighted by atomic mass is 10.0. The molecule has 2 aromatic rings. The number of rotatable bonds is 4. The first-order chi connectivity index (χ1) is 11.3. The van der Waals surface area contributed by atoms with Gasteiger partial charge >= 0.3 is 0 Å². The lowest BCUT2D eigenvalue weighted by Crippen LogP contribution is -2.29. The molecule has 0 saturated carbocycles. The summed E-state index contributed by atoms with van der Waals surface area (Å²) in [6.07, 6.45) is 3.65. The van der Waals surface area contributed by atoms with Gasteiger partial charge in [0.05, 0.1) is 7.11 Å². The SMILES string of the molecule is COc1ccc(CN2C[C@@H]3CN(c4ncccn4)C[C@H]3C2)cc1. The molecule has 2 saturated heterocycles. The Morgan fingerprint density at radius 2 is 1.65 bits per heavy atom. The van der Waals surface area contributed by atoms with Crippen LogP contribution in [0.5, 0.6) is 5.75 Å². The molecule has 0 bridgehead atoms. The molecule has 2 fully saturated rings. The van der Waals surface area contributed by atoms with Crippen molar-refractivity contribution >= 4 is 5.95 Å². The number of nitrogens with zero attached hydrogens (tertiary/aromatic N) is 4. The molecule has 0 N–H and O–H groups in total. The molecule has 2 atom stereocenters. The summed E-state index contributed by atoms with van der Waals surface area (Å²) < 4.78 is 5.22. The third kappa shape index (κ3) is 3.01. The van der Waals surface area contributed by atoms with E-state index in [9.17, 15) is 0 Å². The molecular weight excluding hydrogens is 288 g/mol. The molecule has 3 heterocycles. The van der Waals surface area contributed by atoms with Gasteiger partial charge in [-0.3, -0.25) is 4.90 Å². The molecule has 0 amide bonds. The van der Waals surface area contributed by atoms with Crippen LogP contribution in [0.25, 0.3) is 0 Å². The van der Waals surface area contributed by atoms with E-state index in [0.29, 0.717) is 0 Å². The van der Waals surface area contributed by atoms with E-state index in [1.807, 2.05) is 30.6 Å². The van der Waals surface area contributed by atoms with Gasteiger partial charge in [-0.1, -0.05) is 12.1 Å². The van der Waals surface area contributed by atoms with E-state index in [0.717, 1.165) is 43.2 Å². The van der Waals surface area contributed by atoms with Crippen LogP contribution in [0.3, 0.4) is 0 Å². The van der Waals surface area contributed by atoms with Crippen molar-refractivity contribution in [3.05, 3.63) is 48.3 Å². The lowest BCUT2D eigenvalue weighted by Gasteiger charge is -2.21. The van der Waals surface area contributed by atoms with Gasteiger partial charge in [0, 0.05) is 45.1 Å². The second-order valence-electron chi connectivity index (χ2n) is 6.52. The maximum Gasteiger partial charge on any atom is 0.225 e. The van der Waals surface area contributed by atoms with Crippen molar-refractivity contribution in [2.24, 2.45) is 11.8 Å². The third-order valence-electron chi connectivity index (χ3n) is 4.96. The van der Waals surface area contributed by atoms with Crippen LogP contribution in [-0.2, 0) is 6.54 Å². The Kier molecular flexibility index (Phi) is 3.87. The van der Waals surface area contributed by atoms with Gasteiger partial charge < -0.3 is 9.64 Å². The standard InChI is InChI=1S/C18H22N4O/c1-23-17-5-3-14(4-6-17)9-21-10-15-12-22(13-16(15)11-21)18-19-7-2-8-20-18/h2-8,15-16H,9-13H2,1H3/t15-,16-/m1/s1. The number of methoxy groups -OCH3 is 1. The second-order valence-corrected chi connectivity index (χ2v) is 6.52. The molecule has 2 aliphatic rings. The monoisotopic (exact) mass is 310 g/mol. The summed E-state index contributed by atoms with van der Waals surface area (Å²) in [5.74, 6) is 3.27. The molecule has 4 rings (SSSR count). The van der Waals surface area contributed by atoms with E-state index in [4.69, 9.17) is 4.74 Å². The van der Waals surface area contributed by atoms with Gasteiger partial charge in [-0.25, -0.2) is 9.97 Å². The van der Waals surface area contributed by atoms with E-state index < -0.39 is 0 Å². The number of fused-ring (bicyclic) bond motifs is 1. The van der Waals surface area contributed by atoms with Crippen LogP contribution in [0.1, 0.15) is 5.56 Å². The Bertz CT molecular complexity index is 632. The summed E-state index contributed by atoms with van der Waals surface area (Å²) >= 11 is 0. The minimum absolute atomic E-state index is 0.733. The number of aromatic nitrogens is 2. The van der Waals surface area contributed by atoms with E-state index in [2.05, 4.69) is 31.9 Å². The van der Waals surface area contributed by atoms with E-state index in [1.54, 1.807) is 7.11 Å². The first-order valence-electron chi connectivity index (χ1n) is 8.19. The molecule has 1 aromatic heterocycles. The Morgan fingerprint density at radius 1 is 1.00 bits per heavy atom. The number of benzene rings is 1. The molecule has 1 aromatic carbocycles. The zero-order valence-corrected chi connectivity index (χ0v) is 13.4. The van der Waals surface area contributed by atoms with Crippen molar-refractivity contribution in [3.63, 3.8) is 0 Å². The fourth-order valence-electron chi connectivity index (χ4n) is 3.83. The van der Waals surface area contributed by atoms with Crippen LogP contribution in [-0.4, -0.2) is 48.2 Å². The minimum Gasteiger partial charge on any atom is -0.497 e. The van der Waals surface area contributed by atoms with Crippen LogP contribution >= 0.6 is 0 Å². The molecular formula is C18H22N4O. The van der Waals surface area contributed by atoms with Crippen molar-refractivity contribution in [2.75, 3.05) is 38.2 Å². The Hall–Kier alpha value is -2.14. The Labute approximate surface area is 136 Å². The summed E-state index contributed by atoms with van der Waals surface area (Å²) in [4.78, 5) is 13.7. The lowest BCUT2D eigenvalue weighted by molar-refractivity contribution is 0.308. The predicted molar refractivity (Wildman–Crippen MR) is 89.5 cm³/mol. The molecule has 0 radical (unpaired) electrons. The van der Waals surface area contributed by atoms with Gasteiger partial charge in [0.15, 0.2) is 0 Å². The Balaban J connectivity index is 1.35. The van der Waals surface area contributed by atoms with E-state index in [-0.39, 0.29) is 0 Å². The fraction of sp³-hybridized carbons (Fsp3) is 0.444. The zero-order valence-electron chi connectivity index (χ0n) is 13.4. The summed E-state index contributed by atoms with van der Waals surface area (Å²) in [7, 11) is 1.71. The second kappa shape index (κ2) is 6.16. The van der Waals surface area contributed by atoms with Crippen molar-refractivity contribution in [2.45, 2.75) is 6.54 Å². The van der Waals surface area contributed by atoms with Crippen molar-refractivity contribution in [1.82, 2.24) is 14.9 Å². The van der Waals surface area contributed by atoms with Gasteiger partial charge in [-0.2, -0.15) is 0 Å². The highest BCUT2D eigenvalue weighted by Crippen LogP contribution is 2.33. The highest BCUT2D eigenvalue weighted by molar-refractivity contribution is 5.32. The Morgan fingerprint density at radius 3 is 2.26 bits per heavy atom. The smallest absolute Gasteiger partial charge is 0.225 e. The molecule has 2 aliphatic heterocycles. The average molecular weight is 310 g/mol. The highest BCUT2D eigenvalue weighted by atomic mass is 16.5. The maximum absolute atomic E-state index is 5.22. The number of likely N-dealkylation sites (tertiary alicyclic amines) is 1. The molecule has 120 valence electrons. The first kappa shape index (κ1) is 14.5. The van der Waals surface area contributed by atoms with E-state index >= 15 is 0 Å². The number of hydrogen-bond donors (Lipinski definition) is 0. The number of anilines is 1. The highest BCUT2D eigenvalue weighted by Gasteiger charge is 2.40. The van der Waals surface area contributed by atoms with Crippen LogP contribution in [0.2, 0.25) is 0 Å². The van der Waals surface area contributed by atoms with Crippen molar-refractivity contribution in [3.8, 4) is 5.75 Å². The summed E-state index contributed by atoms with van der Waals surface area (Å²) in [6, 6.07) is 10.3. The third-order valence-corrected chi connectivity index (χ3v) is 4.96. The summed E-state index contributed by atoms with van der Waals surface area (Å²) in [6.45, 7) is 5.51. The number of hydrogen-bond acceptors (Lipinski definition) is 5. The topological polar surface area (TPSA) is 41.5 Å². The predicted octanol–water partition coefficient (Wildman–Crippen LogP) is 2.05. The maximum atomic E-state index is 5.22. The first-order valence-corrected chi connectivity index (χ1v) is 8.19. The van der Waals surface area contributed by atoms with Gasteiger partial charge in [0.1, 0.15) is 5.75 Å². The van der Waals surface area contributed by atoms with Crippen LogP contribution < -0.4 is 9.64 Å². The normalized spacial score (nSPS) is 24.0. The van der Waals surface area contributed by atoms with Gasteiger partial charge in [-0.15, -0.1) is 0 Å². The van der Waals surface area contributed by atoms with Crippen molar-refractivity contribution < 1.29 is 4.74 Å². The molecule has 5 nitrogen and oxygen atoms in total. The molecule has 23 heavy (non-hydrogen) atoms. The number of ether oxygens (including phenoxy) is 1. The van der Waals surface area contributed by atoms with Crippen LogP contribution in [0.15, 0.2) is 42.7 Å². The largest absolute Gasteiger partial charge is 0.497 e. The van der Waals surface area contributed by atoms with Gasteiger partial charge in [0.25, 0.3) is 0 Å². The quantitative estimate of drug-likeness (QED) is 0.864. The van der Waals surface area contributed by atoms with Gasteiger partial charge in [0.2, 0.25) is 5.95 Å². The van der Waals surface area contributed by atoms with Crippen LogP contribution in [0.4, 0.5) is 5.95 Å². The minimum atomic E-state index is 0.733. The van der Waals surface area contributed by atoms with Crippen LogP contribution in [0, 0.1) is 11.8 Å². The van der Waals surface area contributed by atoms with Gasteiger partial charge in [-0.05, 0) is 35.6 Å². The summed E-state index contributed by atoms with van der Waals surface area (Å²) in [5.41, 5.74) is 1.36. The molecule has 0 aliphatic carbocycles. The average Bonchev–Trinajstić information content (AvgIpc) is 3.15.